The van der Waals surface area contributed by atoms with E-state index in [0.29, 0.717) is 19.6 Å². The number of hydrogen-bond acceptors (Lipinski definition) is 5. The van der Waals surface area contributed by atoms with Crippen molar-refractivity contribution in [1.82, 2.24) is 0 Å². The van der Waals surface area contributed by atoms with E-state index in [1.54, 1.807) is 17.4 Å². The molecule has 23 heavy (non-hydrogen) atoms. The number of nitrogens with two attached hydrogens (primary N) is 1. The predicted octanol–water partition coefficient (Wildman–Crippen LogP) is -0.782. The van der Waals surface area contributed by atoms with Gasteiger partial charge in [0.2, 0.25) is 5.91 Å². The van der Waals surface area contributed by atoms with E-state index in [2.05, 4.69) is 5.32 Å². The van der Waals surface area contributed by atoms with Gasteiger partial charge in [0.1, 0.15) is 11.8 Å². The molecule has 0 saturated carbocycles. The number of phenolic OH excluding ortho intramolecular Hbond substituents is 1. The van der Waals surface area contributed by atoms with Gasteiger partial charge < -0.3 is 30.4 Å². The molecule has 0 spiro atoms. The molecule has 1 aromatic carbocycles. The van der Waals surface area contributed by atoms with Crippen LogP contribution in [0.15, 0.2) is 24.3 Å². The van der Waals surface area contributed by atoms with Crippen LogP contribution < -0.4 is 15.7 Å². The van der Waals surface area contributed by atoms with Crippen molar-refractivity contribution < 1.29 is 29.9 Å². The maximum atomic E-state index is 11.9. The number of aromatic hydroxyl groups is 1. The van der Waals surface area contributed by atoms with Crippen LogP contribution in [0.25, 0.3) is 0 Å². The van der Waals surface area contributed by atoms with Gasteiger partial charge in [-0.15, -0.1) is 0 Å². The number of nitrogens with one attached hydrogen (secondary N) is 1. The normalized spacial score (nSPS) is 12.1. The van der Waals surface area contributed by atoms with Crippen LogP contribution in [0.3, 0.4) is 0 Å². The first-order valence-electron chi connectivity index (χ1n) is 7.63. The highest BCUT2D eigenvalue weighted by Crippen LogP contribution is 2.21. The van der Waals surface area contributed by atoms with Gasteiger partial charge in [-0.3, -0.25) is 4.79 Å². The molecule has 1 atom stereocenters. The zero-order valence-electron chi connectivity index (χ0n) is 13.5. The molecule has 7 heteroatoms. The van der Waals surface area contributed by atoms with E-state index < -0.39 is 17.9 Å². The number of para-hydroxylation sites is 2. The summed E-state index contributed by atoms with van der Waals surface area (Å²) in [5.41, 5.74) is 0.250. The van der Waals surface area contributed by atoms with Crippen molar-refractivity contribution in [2.24, 2.45) is 0 Å². The summed E-state index contributed by atoms with van der Waals surface area (Å²) in [7, 11) is 0. The average Bonchev–Trinajstić information content (AvgIpc) is 2.47. The average molecular weight is 324 g/mol. The standard InChI is InChI=1S/C16H24N2O5/c1-11(2)23-9-5-8-17-13(16(21)22)10-15(20)18-12-6-3-4-7-14(12)19/h3-4,6-7,11,13,17,19H,5,8-10H2,1-2H3,(H,18,20)(H,21,22)/t13-/m0/s1. The van der Waals surface area contributed by atoms with E-state index in [-0.39, 0.29) is 24.0 Å². The van der Waals surface area contributed by atoms with E-state index in [0.717, 1.165) is 0 Å². The number of amides is 1. The third kappa shape index (κ3) is 7.62. The Balaban J connectivity index is 2.41. The zero-order chi connectivity index (χ0) is 17.2. The molecule has 1 aromatic rings. The SMILES string of the molecule is CC(C)OCCC[NH2+][C@@H](CC(=O)Nc1ccccc1O)C(=O)[O-]. The van der Waals surface area contributed by atoms with Crippen LogP contribution >= 0.6 is 0 Å². The first kappa shape index (κ1) is 18.9. The van der Waals surface area contributed by atoms with Gasteiger partial charge in [-0.25, -0.2) is 0 Å². The summed E-state index contributed by atoms with van der Waals surface area (Å²) in [6.07, 6.45) is 0.585. The number of hydrogen-bond donors (Lipinski definition) is 3. The maximum Gasteiger partial charge on any atom is 0.230 e. The fourth-order valence-corrected chi connectivity index (χ4v) is 1.96. The van der Waals surface area contributed by atoms with Gasteiger partial charge in [-0.1, -0.05) is 12.1 Å². The topological polar surface area (TPSA) is 115 Å². The van der Waals surface area contributed by atoms with Crippen LogP contribution in [-0.4, -0.2) is 42.3 Å². The van der Waals surface area contributed by atoms with Crippen LogP contribution in [-0.2, 0) is 14.3 Å². The number of quaternary nitrogens is 1. The molecule has 0 saturated heterocycles. The van der Waals surface area contributed by atoms with E-state index in [4.69, 9.17) is 4.74 Å². The Bertz CT molecular complexity index is 519. The molecule has 0 aliphatic heterocycles. The van der Waals surface area contributed by atoms with Crippen molar-refractivity contribution in [3.63, 3.8) is 0 Å². The lowest BCUT2D eigenvalue weighted by atomic mass is 10.2. The summed E-state index contributed by atoms with van der Waals surface area (Å²) in [6.45, 7) is 4.92. The minimum atomic E-state index is -1.29. The number of phenols is 1. The lowest BCUT2D eigenvalue weighted by molar-refractivity contribution is -0.682. The lowest BCUT2D eigenvalue weighted by Gasteiger charge is -2.17. The molecule has 1 rings (SSSR count). The molecule has 1 amide bonds. The smallest absolute Gasteiger partial charge is 0.230 e. The molecule has 0 aliphatic carbocycles. The van der Waals surface area contributed by atoms with Crippen LogP contribution in [0.2, 0.25) is 0 Å². The largest absolute Gasteiger partial charge is 0.544 e. The van der Waals surface area contributed by atoms with Crippen LogP contribution in [0.1, 0.15) is 26.7 Å². The van der Waals surface area contributed by atoms with Crippen molar-refractivity contribution in [1.29, 1.82) is 0 Å². The summed E-state index contributed by atoms with van der Waals surface area (Å²) in [5, 5.41) is 24.8. The number of carbonyl (C=O) groups is 2. The number of ether oxygens (including phenoxy) is 1. The molecule has 0 radical (unpaired) electrons. The quantitative estimate of drug-likeness (QED) is 0.386. The van der Waals surface area contributed by atoms with E-state index in [9.17, 15) is 19.8 Å². The van der Waals surface area contributed by atoms with Crippen LogP contribution in [0.5, 0.6) is 5.75 Å². The molecular formula is C16H24N2O5. The van der Waals surface area contributed by atoms with Crippen molar-refractivity contribution >= 4 is 17.6 Å². The molecule has 0 unspecified atom stereocenters. The first-order chi connectivity index (χ1) is 10.9. The van der Waals surface area contributed by atoms with Gasteiger partial charge in [-0.05, 0) is 26.0 Å². The Labute approximate surface area is 135 Å². The predicted molar refractivity (Wildman–Crippen MR) is 82.6 cm³/mol. The first-order valence-corrected chi connectivity index (χ1v) is 7.63. The molecular weight excluding hydrogens is 300 g/mol. The number of aliphatic carboxylic acids is 1. The Morgan fingerprint density at radius 2 is 2.04 bits per heavy atom. The van der Waals surface area contributed by atoms with Gasteiger partial charge in [0.25, 0.3) is 0 Å². The second kappa shape index (κ2) is 9.81. The minimum Gasteiger partial charge on any atom is -0.544 e. The number of rotatable bonds is 10. The number of carboxylic acid groups (broad SMARTS) is 1. The van der Waals surface area contributed by atoms with Crippen molar-refractivity contribution in [2.45, 2.75) is 38.8 Å². The summed E-state index contributed by atoms with van der Waals surface area (Å²) in [6, 6.07) is 5.29. The highest BCUT2D eigenvalue weighted by atomic mass is 16.5. The van der Waals surface area contributed by atoms with Gasteiger partial charge in [0, 0.05) is 6.42 Å². The van der Waals surface area contributed by atoms with Gasteiger partial charge in [0.15, 0.2) is 0 Å². The van der Waals surface area contributed by atoms with E-state index in [1.807, 2.05) is 13.8 Å². The fraction of sp³-hybridized carbons (Fsp3) is 0.500. The third-order valence-corrected chi connectivity index (χ3v) is 3.14. The summed E-state index contributed by atoms with van der Waals surface area (Å²) >= 11 is 0. The number of anilines is 1. The molecule has 0 bridgehead atoms. The minimum absolute atomic E-state index is 0.0688. The van der Waals surface area contributed by atoms with Crippen molar-refractivity contribution in [2.75, 3.05) is 18.5 Å². The van der Waals surface area contributed by atoms with Crippen molar-refractivity contribution in [3.05, 3.63) is 24.3 Å². The molecule has 128 valence electrons. The van der Waals surface area contributed by atoms with Crippen LogP contribution in [0, 0.1) is 0 Å². The molecule has 0 aliphatic rings. The van der Waals surface area contributed by atoms with Gasteiger partial charge in [-0.2, -0.15) is 0 Å². The summed E-state index contributed by atoms with van der Waals surface area (Å²) in [5.74, 6) is -1.85. The van der Waals surface area contributed by atoms with E-state index in [1.165, 1.54) is 12.1 Å². The zero-order valence-corrected chi connectivity index (χ0v) is 13.5. The molecule has 0 aromatic heterocycles. The number of carboxylic acids is 1. The monoisotopic (exact) mass is 324 g/mol. The molecule has 0 fully saturated rings. The highest BCUT2D eigenvalue weighted by Gasteiger charge is 2.18. The Hall–Kier alpha value is -2.12. The summed E-state index contributed by atoms with van der Waals surface area (Å²) in [4.78, 5) is 23.0. The second-order valence-corrected chi connectivity index (χ2v) is 5.49. The number of benzene rings is 1. The van der Waals surface area contributed by atoms with Gasteiger partial charge in [0.05, 0.1) is 37.3 Å². The molecule has 7 nitrogen and oxygen atoms in total. The fourth-order valence-electron chi connectivity index (χ4n) is 1.96. The Kier molecular flexibility index (Phi) is 8.07. The Morgan fingerprint density at radius 3 is 2.65 bits per heavy atom. The maximum absolute atomic E-state index is 11.9. The van der Waals surface area contributed by atoms with E-state index >= 15 is 0 Å². The van der Waals surface area contributed by atoms with Crippen LogP contribution in [0.4, 0.5) is 5.69 Å². The second-order valence-electron chi connectivity index (χ2n) is 5.49. The lowest BCUT2D eigenvalue weighted by Crippen LogP contribution is -2.93. The highest BCUT2D eigenvalue weighted by molar-refractivity contribution is 5.94. The molecule has 4 N–H and O–H groups in total. The summed E-state index contributed by atoms with van der Waals surface area (Å²) < 4.78 is 5.37. The number of carbonyl (C=O) groups excluding carboxylic acids is 2. The van der Waals surface area contributed by atoms with Gasteiger partial charge >= 0.3 is 0 Å². The molecule has 0 heterocycles. The Morgan fingerprint density at radius 1 is 1.35 bits per heavy atom. The van der Waals surface area contributed by atoms with Crippen molar-refractivity contribution in [3.8, 4) is 5.75 Å². The third-order valence-electron chi connectivity index (χ3n) is 3.14.